The zero-order valence-corrected chi connectivity index (χ0v) is 10.1. The van der Waals surface area contributed by atoms with Crippen molar-refractivity contribution in [2.75, 3.05) is 6.61 Å². The van der Waals surface area contributed by atoms with Crippen molar-refractivity contribution in [2.24, 2.45) is 0 Å². The molecule has 0 fully saturated rings. The van der Waals surface area contributed by atoms with E-state index in [1.807, 2.05) is 6.07 Å². The molecule has 0 unspecified atom stereocenters. The summed E-state index contributed by atoms with van der Waals surface area (Å²) in [7, 11) is 0. The van der Waals surface area contributed by atoms with Gasteiger partial charge in [0.1, 0.15) is 0 Å². The Hall–Kier alpha value is -0.230. The summed E-state index contributed by atoms with van der Waals surface area (Å²) in [6.07, 6.45) is 0. The van der Waals surface area contributed by atoms with Crippen molar-refractivity contribution < 1.29 is 9.53 Å². The van der Waals surface area contributed by atoms with Gasteiger partial charge in [0.15, 0.2) is 0 Å². The Labute approximate surface area is 96.2 Å². The van der Waals surface area contributed by atoms with Crippen molar-refractivity contribution in [3.05, 3.63) is 27.3 Å². The summed E-state index contributed by atoms with van der Waals surface area (Å²) in [6, 6.07) is 5.45. The number of carbonyl (C=O) groups excluding carboxylic acids is 1. The molecule has 0 heterocycles. The van der Waals surface area contributed by atoms with Gasteiger partial charge in [-0.05, 0) is 47.7 Å². The molecular weight excluding hydrogens is 299 g/mol. The summed E-state index contributed by atoms with van der Waals surface area (Å²) < 4.78 is 5.87. The molecule has 0 spiro atoms. The predicted molar refractivity (Wildman–Crippen MR) is 62.4 cm³/mol. The molecular formula is C9H9IO2S. The molecule has 0 aliphatic carbocycles. The summed E-state index contributed by atoms with van der Waals surface area (Å²) in [5.41, 5.74) is 0.525. The zero-order chi connectivity index (χ0) is 9.84. The third-order valence-corrected chi connectivity index (χ3v) is 2.51. The maximum absolute atomic E-state index is 11.3. The topological polar surface area (TPSA) is 26.3 Å². The van der Waals surface area contributed by atoms with Crippen LogP contribution in [0.3, 0.4) is 0 Å². The minimum atomic E-state index is -0.314. The van der Waals surface area contributed by atoms with Gasteiger partial charge in [-0.1, -0.05) is 0 Å². The minimum Gasteiger partial charge on any atom is -0.462 e. The number of ether oxygens (including phenoxy) is 1. The average molecular weight is 308 g/mol. The van der Waals surface area contributed by atoms with Crippen molar-refractivity contribution in [3.63, 3.8) is 0 Å². The van der Waals surface area contributed by atoms with Crippen LogP contribution in [0.2, 0.25) is 0 Å². The molecule has 0 atom stereocenters. The summed E-state index contributed by atoms with van der Waals surface area (Å²) >= 11 is 6.32. The second kappa shape index (κ2) is 4.85. The molecule has 0 saturated carbocycles. The lowest BCUT2D eigenvalue weighted by atomic mass is 10.2. The van der Waals surface area contributed by atoms with Crippen LogP contribution in [-0.2, 0) is 4.74 Å². The molecule has 0 bridgehead atoms. The molecule has 1 aromatic rings. The fraction of sp³-hybridized carbons (Fsp3) is 0.222. The number of carbonyl (C=O) groups is 1. The lowest BCUT2D eigenvalue weighted by molar-refractivity contribution is 0.0522. The van der Waals surface area contributed by atoms with Gasteiger partial charge in [-0.2, -0.15) is 0 Å². The fourth-order valence-corrected chi connectivity index (χ4v) is 1.60. The van der Waals surface area contributed by atoms with Crippen molar-refractivity contribution in [1.29, 1.82) is 0 Å². The normalized spacial score (nSPS) is 9.77. The van der Waals surface area contributed by atoms with Crippen LogP contribution in [-0.4, -0.2) is 12.6 Å². The average Bonchev–Trinajstić information content (AvgIpc) is 2.09. The van der Waals surface area contributed by atoms with Crippen molar-refractivity contribution in [3.8, 4) is 0 Å². The highest BCUT2D eigenvalue weighted by atomic mass is 127. The molecule has 0 radical (unpaired) electrons. The van der Waals surface area contributed by atoms with Crippen LogP contribution in [0.1, 0.15) is 17.3 Å². The lowest BCUT2D eigenvalue weighted by Crippen LogP contribution is -2.05. The summed E-state index contributed by atoms with van der Waals surface area (Å²) in [6.45, 7) is 2.17. The third-order valence-electron chi connectivity index (χ3n) is 1.45. The van der Waals surface area contributed by atoms with Gasteiger partial charge in [0.2, 0.25) is 0 Å². The Kier molecular flexibility index (Phi) is 4.05. The van der Waals surface area contributed by atoms with Crippen LogP contribution >= 0.6 is 35.2 Å². The van der Waals surface area contributed by atoms with E-state index in [1.54, 1.807) is 19.1 Å². The van der Waals surface area contributed by atoms with E-state index in [9.17, 15) is 4.79 Å². The Morgan fingerprint density at radius 2 is 2.31 bits per heavy atom. The van der Waals surface area contributed by atoms with Crippen LogP contribution in [0.25, 0.3) is 0 Å². The van der Waals surface area contributed by atoms with E-state index in [4.69, 9.17) is 4.74 Å². The fourth-order valence-electron chi connectivity index (χ4n) is 0.881. The monoisotopic (exact) mass is 308 g/mol. The third kappa shape index (κ3) is 2.87. The van der Waals surface area contributed by atoms with Crippen LogP contribution < -0.4 is 0 Å². The summed E-state index contributed by atoms with van der Waals surface area (Å²) in [5.74, 6) is -0.314. The van der Waals surface area contributed by atoms with E-state index in [0.29, 0.717) is 17.1 Å². The molecule has 0 saturated heterocycles. The number of thiol groups is 1. The minimum absolute atomic E-state index is 0.314. The number of halogens is 1. The van der Waals surface area contributed by atoms with Gasteiger partial charge in [0.05, 0.1) is 12.2 Å². The highest BCUT2D eigenvalue weighted by molar-refractivity contribution is 14.1. The number of rotatable bonds is 2. The summed E-state index contributed by atoms with van der Waals surface area (Å²) in [5, 5.41) is 0. The highest BCUT2D eigenvalue weighted by Gasteiger charge is 2.10. The molecule has 2 nitrogen and oxygen atoms in total. The number of hydrogen-bond acceptors (Lipinski definition) is 3. The van der Waals surface area contributed by atoms with Gasteiger partial charge in [-0.15, -0.1) is 12.6 Å². The van der Waals surface area contributed by atoms with Crippen molar-refractivity contribution in [1.82, 2.24) is 0 Å². The predicted octanol–water partition coefficient (Wildman–Crippen LogP) is 2.76. The first-order chi connectivity index (χ1) is 6.15. The van der Waals surface area contributed by atoms with E-state index in [2.05, 4.69) is 35.2 Å². The molecule has 70 valence electrons. The maximum Gasteiger partial charge on any atom is 0.339 e. The van der Waals surface area contributed by atoms with Crippen molar-refractivity contribution >= 4 is 41.2 Å². The SMILES string of the molecule is CCOC(=O)c1cc(I)ccc1S. The molecule has 13 heavy (non-hydrogen) atoms. The van der Waals surface area contributed by atoms with E-state index < -0.39 is 0 Å². The summed E-state index contributed by atoms with van der Waals surface area (Å²) in [4.78, 5) is 12.0. The maximum atomic E-state index is 11.3. The lowest BCUT2D eigenvalue weighted by Gasteiger charge is -2.04. The van der Waals surface area contributed by atoms with Gasteiger partial charge in [0.25, 0.3) is 0 Å². The first-order valence-electron chi connectivity index (χ1n) is 3.80. The Morgan fingerprint density at radius 1 is 1.62 bits per heavy atom. The van der Waals surface area contributed by atoms with Crippen molar-refractivity contribution in [2.45, 2.75) is 11.8 Å². The standard InChI is InChI=1S/C9H9IO2S/c1-2-12-9(11)7-5-6(10)3-4-8(7)13/h3-5,13H,2H2,1H3. The van der Waals surface area contributed by atoms with Gasteiger partial charge in [-0.25, -0.2) is 4.79 Å². The van der Waals surface area contributed by atoms with E-state index in [1.165, 1.54) is 0 Å². The Morgan fingerprint density at radius 3 is 2.92 bits per heavy atom. The second-order valence-corrected chi connectivity index (χ2v) is 4.11. The number of hydrogen-bond donors (Lipinski definition) is 1. The van der Waals surface area contributed by atoms with Gasteiger partial charge >= 0.3 is 5.97 Å². The van der Waals surface area contributed by atoms with Crippen LogP contribution in [0.4, 0.5) is 0 Å². The largest absolute Gasteiger partial charge is 0.462 e. The van der Waals surface area contributed by atoms with Crippen LogP contribution in [0.5, 0.6) is 0 Å². The second-order valence-electron chi connectivity index (χ2n) is 2.38. The van der Waals surface area contributed by atoms with Gasteiger partial charge < -0.3 is 4.74 Å². The van der Waals surface area contributed by atoms with Gasteiger partial charge in [-0.3, -0.25) is 0 Å². The van der Waals surface area contributed by atoms with Gasteiger partial charge in [0, 0.05) is 8.47 Å². The molecule has 0 aromatic heterocycles. The first-order valence-corrected chi connectivity index (χ1v) is 5.33. The molecule has 0 aliphatic rings. The van der Waals surface area contributed by atoms with Crippen LogP contribution in [0, 0.1) is 3.57 Å². The Balaban J connectivity index is 2.99. The Bertz CT molecular complexity index is 325. The molecule has 1 rings (SSSR count). The number of esters is 1. The smallest absolute Gasteiger partial charge is 0.339 e. The van der Waals surface area contributed by atoms with E-state index in [-0.39, 0.29) is 5.97 Å². The van der Waals surface area contributed by atoms with E-state index in [0.717, 1.165) is 3.57 Å². The molecule has 0 aliphatic heterocycles. The highest BCUT2D eigenvalue weighted by Crippen LogP contribution is 2.17. The first kappa shape index (κ1) is 10.8. The molecule has 0 N–H and O–H groups in total. The zero-order valence-electron chi connectivity index (χ0n) is 7.08. The quantitative estimate of drug-likeness (QED) is 0.516. The number of benzene rings is 1. The van der Waals surface area contributed by atoms with E-state index >= 15 is 0 Å². The molecule has 1 aromatic carbocycles. The van der Waals surface area contributed by atoms with Crippen LogP contribution in [0.15, 0.2) is 23.1 Å². The molecule has 4 heteroatoms. The molecule has 0 amide bonds.